The highest BCUT2D eigenvalue weighted by Gasteiger charge is 2.33. The Morgan fingerprint density at radius 3 is 1.62 bits per heavy atom. The van der Waals surface area contributed by atoms with E-state index in [1.54, 1.807) is 0 Å². The van der Waals surface area contributed by atoms with Crippen LogP contribution in [0.25, 0.3) is 0 Å². The number of nitro benzene ring substituents is 2. The zero-order chi connectivity index (χ0) is 29.7. The third kappa shape index (κ3) is 10.1. The van der Waals surface area contributed by atoms with E-state index in [1.807, 2.05) is 19.9 Å². The minimum absolute atomic E-state index is 0.000778. The summed E-state index contributed by atoms with van der Waals surface area (Å²) in [4.78, 5) is 57.4. The predicted octanol–water partition coefficient (Wildman–Crippen LogP) is 5.62. The molecule has 0 heterocycles. The van der Waals surface area contributed by atoms with Crippen molar-refractivity contribution in [1.29, 1.82) is 0 Å². The van der Waals surface area contributed by atoms with Gasteiger partial charge in [-0.2, -0.15) is 0 Å². The number of benzene rings is 2. The Labute approximate surface area is 231 Å². The number of esters is 2. The van der Waals surface area contributed by atoms with Crippen LogP contribution in [-0.2, 0) is 14.3 Å². The molecule has 0 amide bonds. The second kappa shape index (κ2) is 14.9. The van der Waals surface area contributed by atoms with Gasteiger partial charge in [0.05, 0.1) is 26.4 Å². The molecular formula is C29H30N2O9. The fourth-order valence-corrected chi connectivity index (χ4v) is 3.37. The highest BCUT2D eigenvalue weighted by molar-refractivity contribution is 5.90. The molecule has 0 fully saturated rings. The van der Waals surface area contributed by atoms with Gasteiger partial charge in [0.15, 0.2) is 0 Å². The van der Waals surface area contributed by atoms with Crippen LogP contribution in [0.15, 0.2) is 60.2 Å². The van der Waals surface area contributed by atoms with E-state index in [0.29, 0.717) is 12.8 Å². The number of ketones is 1. The van der Waals surface area contributed by atoms with Crippen molar-refractivity contribution >= 4 is 29.1 Å². The molecule has 0 aliphatic carbocycles. The maximum atomic E-state index is 12.8. The molecule has 0 saturated carbocycles. The van der Waals surface area contributed by atoms with Crippen LogP contribution in [0.1, 0.15) is 67.2 Å². The highest BCUT2D eigenvalue weighted by atomic mass is 16.6. The van der Waals surface area contributed by atoms with Crippen molar-refractivity contribution in [3.63, 3.8) is 0 Å². The summed E-state index contributed by atoms with van der Waals surface area (Å²) in [6, 6.07) is 9.92. The van der Waals surface area contributed by atoms with Crippen LogP contribution >= 0.6 is 0 Å². The molecule has 2 aromatic rings. The van der Waals surface area contributed by atoms with Gasteiger partial charge in [0.25, 0.3) is 11.4 Å². The molecule has 0 spiro atoms. The first-order valence-corrected chi connectivity index (χ1v) is 12.3. The van der Waals surface area contributed by atoms with E-state index in [-0.39, 0.29) is 54.3 Å². The number of rotatable bonds is 13. The van der Waals surface area contributed by atoms with E-state index in [0.717, 1.165) is 5.57 Å². The first-order chi connectivity index (χ1) is 18.9. The molecule has 2 aromatic carbocycles. The minimum Gasteiger partial charge on any atom is -0.461 e. The third-order valence-electron chi connectivity index (χ3n) is 5.78. The van der Waals surface area contributed by atoms with Gasteiger partial charge in [0.2, 0.25) is 0 Å². The highest BCUT2D eigenvalue weighted by Crippen LogP contribution is 2.30. The fraction of sp³-hybridized carbons (Fsp3) is 0.345. The van der Waals surface area contributed by atoms with Gasteiger partial charge in [-0.25, -0.2) is 9.59 Å². The summed E-state index contributed by atoms with van der Waals surface area (Å²) in [7, 11) is 0. The number of carbonyl (C=O) groups is 3. The first kappa shape index (κ1) is 31.4. The van der Waals surface area contributed by atoms with Crippen LogP contribution in [0.5, 0.6) is 0 Å². The summed E-state index contributed by atoms with van der Waals surface area (Å²) < 4.78 is 11.2. The summed E-state index contributed by atoms with van der Waals surface area (Å²) >= 11 is 0. The van der Waals surface area contributed by atoms with Gasteiger partial charge in [-0.15, -0.1) is 11.8 Å². The van der Waals surface area contributed by atoms with Crippen molar-refractivity contribution in [3.8, 4) is 11.8 Å². The Morgan fingerprint density at radius 1 is 0.800 bits per heavy atom. The van der Waals surface area contributed by atoms with E-state index in [2.05, 4.69) is 11.8 Å². The summed E-state index contributed by atoms with van der Waals surface area (Å²) in [5.74, 6) is 4.50. The summed E-state index contributed by atoms with van der Waals surface area (Å²) in [5, 5.41) is 21.8. The van der Waals surface area contributed by atoms with Crippen LogP contribution < -0.4 is 0 Å². The van der Waals surface area contributed by atoms with Gasteiger partial charge in [-0.05, 0) is 51.5 Å². The standard InChI is InChI=1S/C29H30N2O9/c1-21(2)16-18-29(17-6-4-5-7-22(3)32,19-39-27(33)23-8-12-25(13-9-23)30(35)36)20-40-28(34)24-10-14-26(15-11-24)31(37)38/h8-16H,5,7,17-20H2,1-3H3. The van der Waals surface area contributed by atoms with Gasteiger partial charge in [0.1, 0.15) is 19.0 Å². The number of non-ortho nitro benzene ring substituents is 2. The van der Waals surface area contributed by atoms with Gasteiger partial charge >= 0.3 is 11.9 Å². The summed E-state index contributed by atoms with van der Waals surface area (Å²) in [5.41, 5.74) is -0.124. The lowest BCUT2D eigenvalue weighted by Crippen LogP contribution is -2.34. The second-order valence-electron chi connectivity index (χ2n) is 9.48. The normalized spacial score (nSPS) is 10.5. The van der Waals surface area contributed by atoms with Crippen molar-refractivity contribution in [2.75, 3.05) is 13.2 Å². The Kier molecular flexibility index (Phi) is 11.7. The van der Waals surface area contributed by atoms with E-state index in [4.69, 9.17) is 9.47 Å². The molecule has 0 saturated heterocycles. The van der Waals surface area contributed by atoms with Crippen LogP contribution in [0.3, 0.4) is 0 Å². The van der Waals surface area contributed by atoms with Crippen LogP contribution in [0, 0.1) is 37.5 Å². The zero-order valence-corrected chi connectivity index (χ0v) is 22.5. The van der Waals surface area contributed by atoms with E-state index in [9.17, 15) is 34.6 Å². The molecule has 0 atom stereocenters. The number of nitro groups is 2. The van der Waals surface area contributed by atoms with E-state index in [1.165, 1.54) is 55.5 Å². The lowest BCUT2D eigenvalue weighted by atomic mass is 9.82. The molecule has 11 heteroatoms. The monoisotopic (exact) mass is 550 g/mol. The van der Waals surface area contributed by atoms with Gasteiger partial charge < -0.3 is 9.47 Å². The zero-order valence-electron chi connectivity index (χ0n) is 22.5. The Morgan fingerprint density at radius 2 is 1.25 bits per heavy atom. The number of ether oxygens (including phenoxy) is 2. The van der Waals surface area contributed by atoms with Crippen molar-refractivity contribution < 1.29 is 33.7 Å². The molecule has 210 valence electrons. The Hall–Kier alpha value is -4.85. The fourth-order valence-electron chi connectivity index (χ4n) is 3.37. The second-order valence-corrected chi connectivity index (χ2v) is 9.48. The van der Waals surface area contributed by atoms with E-state index < -0.39 is 27.2 Å². The van der Waals surface area contributed by atoms with Crippen molar-refractivity contribution in [1.82, 2.24) is 0 Å². The lowest BCUT2D eigenvalue weighted by molar-refractivity contribution is -0.385. The molecule has 11 nitrogen and oxygen atoms in total. The predicted molar refractivity (Wildman–Crippen MR) is 146 cm³/mol. The molecule has 0 aliphatic rings. The molecule has 0 N–H and O–H groups in total. The molecule has 0 bridgehead atoms. The molecule has 40 heavy (non-hydrogen) atoms. The van der Waals surface area contributed by atoms with Crippen LogP contribution in [0.2, 0.25) is 0 Å². The smallest absolute Gasteiger partial charge is 0.338 e. The topological polar surface area (TPSA) is 156 Å². The number of carbonyl (C=O) groups excluding carboxylic acids is 3. The molecule has 0 aliphatic heterocycles. The average Bonchev–Trinajstić information content (AvgIpc) is 2.92. The van der Waals surface area contributed by atoms with Crippen molar-refractivity contribution in [2.24, 2.45) is 5.41 Å². The molecular weight excluding hydrogens is 520 g/mol. The number of hydrogen-bond donors (Lipinski definition) is 0. The average molecular weight is 551 g/mol. The van der Waals surface area contributed by atoms with Crippen LogP contribution in [-0.4, -0.2) is 40.8 Å². The first-order valence-electron chi connectivity index (χ1n) is 12.3. The quantitative estimate of drug-likeness (QED) is 0.101. The Bertz CT molecular complexity index is 1260. The summed E-state index contributed by atoms with van der Waals surface area (Å²) in [6.07, 6.45) is 3.03. The minimum atomic E-state index is -0.965. The van der Waals surface area contributed by atoms with Crippen LogP contribution in [0.4, 0.5) is 11.4 Å². The van der Waals surface area contributed by atoms with Crippen molar-refractivity contribution in [2.45, 2.75) is 46.5 Å². The molecule has 0 unspecified atom stereocenters. The van der Waals surface area contributed by atoms with Gasteiger partial charge in [-0.1, -0.05) is 11.6 Å². The number of nitrogens with zero attached hydrogens (tertiary/aromatic N) is 2. The van der Waals surface area contributed by atoms with E-state index >= 15 is 0 Å². The molecule has 0 radical (unpaired) electrons. The maximum absolute atomic E-state index is 12.8. The molecule has 2 rings (SSSR count). The number of hydrogen-bond acceptors (Lipinski definition) is 9. The molecule has 0 aromatic heterocycles. The number of Topliss-reactive ketones (excluding diaryl/α,β-unsaturated/α-hetero) is 1. The van der Waals surface area contributed by atoms with Gasteiger partial charge in [-0.3, -0.25) is 25.0 Å². The summed E-state index contributed by atoms with van der Waals surface area (Å²) in [6.45, 7) is 4.85. The lowest BCUT2D eigenvalue weighted by Gasteiger charge is -2.30. The van der Waals surface area contributed by atoms with Crippen molar-refractivity contribution in [3.05, 3.63) is 91.5 Å². The number of allylic oxidation sites excluding steroid dienone is 2. The van der Waals surface area contributed by atoms with Gasteiger partial charge in [0, 0.05) is 43.5 Å². The third-order valence-corrected chi connectivity index (χ3v) is 5.78. The SMILES string of the molecule is CC(=O)CCC#CCC(CC=C(C)C)(COC(=O)c1ccc([N+](=O)[O-])cc1)COC(=O)c1ccc([N+](=O)[O-])cc1. The maximum Gasteiger partial charge on any atom is 0.338 e. The Balaban J connectivity index is 2.29. The largest absolute Gasteiger partial charge is 0.461 e.